The van der Waals surface area contributed by atoms with Gasteiger partial charge in [-0.05, 0) is 177 Å². The quantitative estimate of drug-likeness (QED) is 0.120. The fourth-order valence-electron chi connectivity index (χ4n) is 13.3. The number of aryl methyl sites for hydroxylation is 1. The number of fused-ring (bicyclic) bond motifs is 3. The molecule has 6 aromatic carbocycles. The molecule has 0 bridgehead atoms. The number of nitrogens with zero attached hydrogens (tertiary/aromatic N) is 5. The second-order valence-electron chi connectivity index (χ2n) is 24.6. The van der Waals surface area contributed by atoms with Crippen molar-refractivity contribution in [3.05, 3.63) is 167 Å². The van der Waals surface area contributed by atoms with E-state index in [1.807, 2.05) is 139 Å². The lowest BCUT2D eigenvalue weighted by Gasteiger charge is -2.41. The number of ether oxygens (including phenoxy) is 2. The van der Waals surface area contributed by atoms with Crippen LogP contribution in [-0.4, -0.2) is 87.3 Å². The number of aliphatic hydroxyl groups excluding tert-OH is 1. The van der Waals surface area contributed by atoms with Gasteiger partial charge in [-0.3, -0.25) is 9.69 Å². The Kier molecular flexibility index (Phi) is 14.8. The molecule has 1 spiro atoms. The number of benzene rings is 6. The van der Waals surface area contributed by atoms with Gasteiger partial charge in [-0.25, -0.2) is 9.59 Å². The monoisotopic (exact) mass is 1100 g/mol. The Labute approximate surface area is 475 Å². The zero-order valence-corrected chi connectivity index (χ0v) is 48.7. The third kappa shape index (κ3) is 10.0. The molecule has 0 aliphatic carbocycles. The Bertz CT molecular complexity index is 3540. The molecule has 0 saturated carbocycles. The first-order valence-electron chi connectivity index (χ1n) is 27.9. The zero-order chi connectivity index (χ0) is 57.2. The third-order valence-electron chi connectivity index (χ3n) is 16.7. The van der Waals surface area contributed by atoms with Crippen LogP contribution >= 0.6 is 11.6 Å². The molecule has 5 unspecified atom stereocenters. The first-order valence-corrected chi connectivity index (χ1v) is 28.3. The minimum Gasteiger partial charge on any atom is -0.444 e. The number of halogens is 1. The van der Waals surface area contributed by atoms with Crippen LogP contribution in [0.15, 0.2) is 140 Å². The van der Waals surface area contributed by atoms with E-state index in [1.54, 1.807) is 9.80 Å². The second-order valence-corrected chi connectivity index (χ2v) is 25.0. The fraction of sp³-hybridized carbons (Fsp3) is 0.373. The Balaban J connectivity index is 1.06. The molecule has 3 aliphatic heterocycles. The highest BCUT2D eigenvalue weighted by atomic mass is 35.5. The number of anilines is 4. The predicted molar refractivity (Wildman–Crippen MR) is 319 cm³/mol. The first kappa shape index (κ1) is 55.9. The van der Waals surface area contributed by atoms with Crippen LogP contribution in [0.5, 0.6) is 0 Å². The van der Waals surface area contributed by atoms with Crippen molar-refractivity contribution in [2.24, 2.45) is 18.9 Å². The van der Waals surface area contributed by atoms with Gasteiger partial charge in [0.25, 0.3) is 0 Å². The largest absolute Gasteiger partial charge is 0.444 e. The maximum Gasteiger partial charge on any atom is 0.410 e. The summed E-state index contributed by atoms with van der Waals surface area (Å²) in [5, 5.41) is 11.4. The van der Waals surface area contributed by atoms with Crippen molar-refractivity contribution in [3.8, 4) is 22.3 Å². The van der Waals surface area contributed by atoms with Gasteiger partial charge >= 0.3 is 12.2 Å². The summed E-state index contributed by atoms with van der Waals surface area (Å²) in [6, 6.07) is 43.4. The summed E-state index contributed by atoms with van der Waals surface area (Å²) in [7, 11) is 4.02. The van der Waals surface area contributed by atoms with Crippen molar-refractivity contribution >= 4 is 69.6 Å². The number of carbonyl (C=O) groups excluding carboxylic acids is 4. The van der Waals surface area contributed by atoms with E-state index in [-0.39, 0.29) is 30.9 Å². The Morgan fingerprint density at radius 3 is 2.05 bits per heavy atom. The normalized spacial score (nSPS) is 20.5. The number of rotatable bonds is 12. The summed E-state index contributed by atoms with van der Waals surface area (Å²) in [5.74, 6) is -0.565. The minimum atomic E-state index is -1.17. The molecule has 13 heteroatoms. The van der Waals surface area contributed by atoms with Gasteiger partial charge in [-0.15, -0.1) is 0 Å². The number of hydrogen-bond acceptors (Lipinski definition) is 8. The summed E-state index contributed by atoms with van der Waals surface area (Å²) >= 11 is 6.56. The molecule has 7 aromatic rings. The van der Waals surface area contributed by atoms with Gasteiger partial charge in [0.15, 0.2) is 0 Å². The molecule has 5 atom stereocenters. The highest BCUT2D eigenvalue weighted by Gasteiger charge is 2.63. The van der Waals surface area contributed by atoms with Crippen molar-refractivity contribution in [1.82, 2.24) is 14.4 Å². The Morgan fingerprint density at radius 1 is 0.738 bits per heavy atom. The average molecular weight is 1100 g/mol. The first-order chi connectivity index (χ1) is 38.0. The van der Waals surface area contributed by atoms with Crippen molar-refractivity contribution in [3.63, 3.8) is 0 Å². The molecule has 3 aliphatic rings. The average Bonchev–Trinajstić information content (AvgIpc) is 4.23. The van der Waals surface area contributed by atoms with Crippen LogP contribution in [0.3, 0.4) is 0 Å². The van der Waals surface area contributed by atoms with E-state index in [2.05, 4.69) is 91.0 Å². The van der Waals surface area contributed by atoms with E-state index in [9.17, 15) is 19.5 Å². The minimum absolute atomic E-state index is 0.0981. The van der Waals surface area contributed by atoms with Crippen molar-refractivity contribution in [2.45, 2.75) is 122 Å². The van der Waals surface area contributed by atoms with Gasteiger partial charge in [0, 0.05) is 61.0 Å². The molecule has 2 fully saturated rings. The van der Waals surface area contributed by atoms with Crippen molar-refractivity contribution < 1.29 is 33.8 Å². The number of likely N-dealkylation sites (tertiary alicyclic amines) is 2. The number of aliphatic hydroxyl groups is 1. The number of para-hydroxylation sites is 1. The smallest absolute Gasteiger partial charge is 0.410 e. The molecule has 0 radical (unpaired) electrons. The van der Waals surface area contributed by atoms with Gasteiger partial charge in [0.05, 0.1) is 35.2 Å². The fourth-order valence-corrected chi connectivity index (χ4v) is 13.5. The lowest BCUT2D eigenvalue weighted by molar-refractivity contribution is -0.123. The number of carbonyl (C=O) groups is 4. The summed E-state index contributed by atoms with van der Waals surface area (Å²) < 4.78 is 14.3. The Hall–Kier alpha value is -7.41. The number of aromatic nitrogens is 1. The zero-order valence-electron chi connectivity index (χ0n) is 47.9. The van der Waals surface area contributed by atoms with E-state index < -0.39 is 46.3 Å². The SMILES string of the molecule is CC(C)C1N(C(=O)OC(C)(C)C)CCC12C(=O)N(c1cccc(-c3ccc4ccn(C)c4c3)c1)c1ccc(CC(C)C3N(C(=O)OC(C)(C)C)CCC3(C=O)c3ccccc3N(C)c3cccc(-c4ccc(CO)c(Cl)c4)c3)cc12. The van der Waals surface area contributed by atoms with Crippen LogP contribution in [0.25, 0.3) is 33.2 Å². The van der Waals surface area contributed by atoms with E-state index in [0.29, 0.717) is 36.4 Å². The lowest BCUT2D eigenvalue weighted by atomic mass is 9.68. The van der Waals surface area contributed by atoms with E-state index in [1.165, 1.54) is 0 Å². The van der Waals surface area contributed by atoms with Crippen LogP contribution in [0.4, 0.5) is 32.3 Å². The molecule has 2 saturated heterocycles. The van der Waals surface area contributed by atoms with E-state index in [4.69, 9.17) is 21.1 Å². The van der Waals surface area contributed by atoms with Crippen LogP contribution < -0.4 is 9.80 Å². The number of aldehydes is 1. The van der Waals surface area contributed by atoms with Crippen molar-refractivity contribution in [1.29, 1.82) is 0 Å². The lowest BCUT2D eigenvalue weighted by Crippen LogP contribution is -2.53. The highest BCUT2D eigenvalue weighted by molar-refractivity contribution is 6.31. The predicted octanol–water partition coefficient (Wildman–Crippen LogP) is 14.3. The maximum atomic E-state index is 16.0. The molecular formula is C67H74ClN5O7. The van der Waals surface area contributed by atoms with Crippen molar-refractivity contribution in [2.75, 3.05) is 29.9 Å². The van der Waals surface area contributed by atoms with Gasteiger partial charge in [0.2, 0.25) is 5.91 Å². The Morgan fingerprint density at radius 2 is 1.38 bits per heavy atom. The molecule has 10 rings (SSSR count). The molecule has 1 N–H and O–H groups in total. The summed E-state index contributed by atoms with van der Waals surface area (Å²) in [6.07, 6.45) is 3.34. The molecule has 12 nitrogen and oxygen atoms in total. The highest BCUT2D eigenvalue weighted by Crippen LogP contribution is 2.56. The third-order valence-corrected chi connectivity index (χ3v) is 17.0. The topological polar surface area (TPSA) is 125 Å². The van der Waals surface area contributed by atoms with Gasteiger partial charge in [-0.2, -0.15) is 0 Å². The maximum absolute atomic E-state index is 16.0. The molecule has 80 heavy (non-hydrogen) atoms. The summed E-state index contributed by atoms with van der Waals surface area (Å²) in [6.45, 7) is 17.8. The standard InChI is InChI=1S/C67H74ClN5O7/c1-42(2)59-67(30-33-71(59)62(77)79-64(4,5)6)54-35-44(22-27-57(54)73(61(67)76)52-19-15-17-47(37-52)49-24-23-45-28-31-69(10)58(45)39-49)34-43(3)60-66(41-75,29-32-72(60)63(78)80-65(7,8)9)53-20-12-13-21-56(53)70(11)51-18-14-16-46(36-51)48-25-26-50(40-74)55(68)38-48/h12-28,31,35-39,41-43,59-60,74H,29-30,32-34,40H2,1-11H3. The van der Waals surface area contributed by atoms with Gasteiger partial charge in [-0.1, -0.05) is 111 Å². The second kappa shape index (κ2) is 21.2. The van der Waals surface area contributed by atoms with Crippen LogP contribution in [0.2, 0.25) is 5.02 Å². The summed E-state index contributed by atoms with van der Waals surface area (Å²) in [5.41, 5.74) is 7.44. The number of amides is 3. The molecule has 4 heterocycles. The van der Waals surface area contributed by atoms with Crippen LogP contribution in [0.1, 0.15) is 97.4 Å². The molecular weight excluding hydrogens is 1020 g/mol. The van der Waals surface area contributed by atoms with Gasteiger partial charge < -0.3 is 38.6 Å². The molecule has 416 valence electrons. The summed E-state index contributed by atoms with van der Waals surface area (Å²) in [4.78, 5) is 66.8. The molecule has 3 amide bonds. The van der Waals surface area contributed by atoms with Crippen LogP contribution in [-0.2, 0) is 50.0 Å². The van der Waals surface area contributed by atoms with Gasteiger partial charge in [0.1, 0.15) is 17.5 Å². The van der Waals surface area contributed by atoms with E-state index in [0.717, 1.165) is 78.9 Å². The number of hydrogen-bond donors (Lipinski definition) is 1. The van der Waals surface area contributed by atoms with Crippen LogP contribution in [0, 0.1) is 11.8 Å². The molecule has 1 aromatic heterocycles. The van der Waals surface area contributed by atoms with E-state index >= 15 is 4.79 Å².